The van der Waals surface area contributed by atoms with Crippen LogP contribution < -0.4 is 16.0 Å². The average Bonchev–Trinajstić information content (AvgIpc) is 3.54. The number of amidine groups is 1. The van der Waals surface area contributed by atoms with Gasteiger partial charge in [-0.2, -0.15) is 5.26 Å². The highest BCUT2D eigenvalue weighted by Crippen LogP contribution is 2.34. The van der Waals surface area contributed by atoms with E-state index in [1.165, 1.54) is 11.0 Å². The van der Waals surface area contributed by atoms with Crippen molar-refractivity contribution in [2.45, 2.75) is 52.5 Å². The SMILES string of the molecule is CC(C)C(=O)N1CCC(c2cc(-c3ccc(NC(=O)C4CN(C(C)C)C(=O)N(c5cccc(C#N)c5)C4=O)cc3)c(C(N)=NC=N)[nH]2)CC1. The summed E-state index contributed by atoms with van der Waals surface area (Å²) < 4.78 is 0. The van der Waals surface area contributed by atoms with E-state index in [0.717, 1.165) is 40.9 Å². The summed E-state index contributed by atoms with van der Waals surface area (Å²) in [6, 6.07) is 16.4. The Balaban J connectivity index is 1.36. The Labute approximate surface area is 285 Å². The molecule has 0 saturated carbocycles. The normalized spacial score (nSPS) is 17.4. The quantitative estimate of drug-likeness (QED) is 0.146. The van der Waals surface area contributed by atoms with Crippen molar-refractivity contribution in [3.05, 3.63) is 71.5 Å². The zero-order valence-electron chi connectivity index (χ0n) is 28.1. The topological polar surface area (TPSA) is 192 Å². The number of anilines is 2. The van der Waals surface area contributed by atoms with Gasteiger partial charge in [0.15, 0.2) is 0 Å². The third-order valence-electron chi connectivity index (χ3n) is 9.01. The van der Waals surface area contributed by atoms with Crippen LogP contribution in [0.1, 0.15) is 63.4 Å². The number of nitrogens with zero attached hydrogens (tertiary/aromatic N) is 5. The standard InChI is InChI=1S/C36H41N9O4/c1-21(2)34(47)43-14-12-25(13-15-43)30-17-28(31(42-30)32(39)40-20-38)24-8-10-26(11-9-24)41-33(46)29-19-44(22(3)4)36(49)45(35(29)48)27-7-5-6-23(16-27)18-37/h5-11,16-17,20-22,25,29,42H,12-15,19H2,1-4H3,(H,41,46)(H3,38,39,40). The van der Waals surface area contributed by atoms with Gasteiger partial charge in [0.1, 0.15) is 18.1 Å². The monoisotopic (exact) mass is 663 g/mol. The molecule has 3 aromatic rings. The van der Waals surface area contributed by atoms with Crippen LogP contribution in [-0.4, -0.2) is 76.4 Å². The number of carbonyl (C=O) groups is 4. The van der Waals surface area contributed by atoms with E-state index < -0.39 is 23.8 Å². The fourth-order valence-corrected chi connectivity index (χ4v) is 6.31. The number of H-pyrrole nitrogens is 1. The molecule has 0 spiro atoms. The zero-order valence-corrected chi connectivity index (χ0v) is 28.1. The first-order valence-electron chi connectivity index (χ1n) is 16.3. The van der Waals surface area contributed by atoms with Gasteiger partial charge in [-0.25, -0.2) is 14.7 Å². The van der Waals surface area contributed by atoms with E-state index >= 15 is 0 Å². The van der Waals surface area contributed by atoms with Gasteiger partial charge >= 0.3 is 6.03 Å². The van der Waals surface area contributed by atoms with Crippen LogP contribution in [0.5, 0.6) is 0 Å². The number of aromatic nitrogens is 1. The van der Waals surface area contributed by atoms with E-state index in [1.54, 1.807) is 30.3 Å². The molecule has 13 nitrogen and oxygen atoms in total. The van der Waals surface area contributed by atoms with Crippen LogP contribution >= 0.6 is 0 Å². The molecular weight excluding hydrogens is 622 g/mol. The van der Waals surface area contributed by atoms with Crippen LogP contribution in [0, 0.1) is 28.6 Å². The van der Waals surface area contributed by atoms with Crippen molar-refractivity contribution in [1.29, 1.82) is 10.7 Å². The summed E-state index contributed by atoms with van der Waals surface area (Å²) in [7, 11) is 0. The van der Waals surface area contributed by atoms with E-state index in [0.29, 0.717) is 24.5 Å². The number of hydrogen-bond donors (Lipinski definition) is 4. The maximum absolute atomic E-state index is 13.6. The summed E-state index contributed by atoms with van der Waals surface area (Å²) in [4.78, 5) is 64.7. The molecule has 5 amide bonds. The number of rotatable bonds is 9. The summed E-state index contributed by atoms with van der Waals surface area (Å²) in [6.45, 7) is 8.68. The second kappa shape index (κ2) is 14.6. The van der Waals surface area contributed by atoms with Crippen molar-refractivity contribution in [1.82, 2.24) is 14.8 Å². The predicted molar refractivity (Wildman–Crippen MR) is 187 cm³/mol. The van der Waals surface area contributed by atoms with Crippen LogP contribution in [0.4, 0.5) is 16.2 Å². The Kier molecular flexibility index (Phi) is 10.3. The number of hydrogen-bond acceptors (Lipinski definition) is 6. The molecule has 1 aromatic heterocycles. The molecule has 2 saturated heterocycles. The summed E-state index contributed by atoms with van der Waals surface area (Å²) in [5, 5.41) is 19.6. The molecule has 2 aromatic carbocycles. The lowest BCUT2D eigenvalue weighted by Gasteiger charge is -2.39. The van der Waals surface area contributed by atoms with Gasteiger partial charge in [0.2, 0.25) is 17.7 Å². The van der Waals surface area contributed by atoms with Gasteiger partial charge in [0.05, 0.1) is 23.0 Å². The first-order valence-corrected chi connectivity index (χ1v) is 16.3. The Morgan fingerprint density at radius 2 is 1.78 bits per heavy atom. The van der Waals surface area contributed by atoms with Crippen molar-refractivity contribution in [3.8, 4) is 17.2 Å². The number of aliphatic imine (C=N–C) groups is 1. The molecule has 0 radical (unpaired) electrons. The van der Waals surface area contributed by atoms with Crippen molar-refractivity contribution >= 4 is 47.3 Å². The number of nitrogens with one attached hydrogen (secondary N) is 3. The van der Waals surface area contributed by atoms with E-state index in [2.05, 4.69) is 15.3 Å². The molecule has 5 rings (SSSR count). The largest absolute Gasteiger partial charge is 0.382 e. The van der Waals surface area contributed by atoms with Crippen LogP contribution in [0.25, 0.3) is 11.1 Å². The number of imide groups is 1. The Morgan fingerprint density at radius 3 is 2.39 bits per heavy atom. The minimum Gasteiger partial charge on any atom is -0.382 e. The smallest absolute Gasteiger partial charge is 0.331 e. The molecule has 2 fully saturated rings. The maximum atomic E-state index is 13.6. The fourth-order valence-electron chi connectivity index (χ4n) is 6.31. The van der Waals surface area contributed by atoms with Crippen LogP contribution in [0.2, 0.25) is 0 Å². The summed E-state index contributed by atoms with van der Waals surface area (Å²) >= 11 is 0. The number of nitriles is 1. The van der Waals surface area contributed by atoms with E-state index in [-0.39, 0.29) is 47.4 Å². The minimum atomic E-state index is -1.18. The molecule has 254 valence electrons. The van der Waals surface area contributed by atoms with Crippen molar-refractivity contribution in [3.63, 3.8) is 0 Å². The zero-order chi connectivity index (χ0) is 35.4. The molecule has 0 aliphatic carbocycles. The average molecular weight is 664 g/mol. The minimum absolute atomic E-state index is 0.0464. The highest BCUT2D eigenvalue weighted by molar-refractivity contribution is 6.23. The molecule has 2 aliphatic heterocycles. The van der Waals surface area contributed by atoms with Gasteiger partial charge in [-0.1, -0.05) is 32.0 Å². The van der Waals surface area contributed by atoms with Crippen LogP contribution in [0.3, 0.4) is 0 Å². The molecule has 13 heteroatoms. The Bertz CT molecular complexity index is 1830. The second-order valence-electron chi connectivity index (χ2n) is 12.9. The lowest BCUT2D eigenvalue weighted by Crippen LogP contribution is -2.61. The molecule has 5 N–H and O–H groups in total. The second-order valence-corrected chi connectivity index (χ2v) is 12.9. The van der Waals surface area contributed by atoms with Gasteiger partial charge in [0.25, 0.3) is 0 Å². The van der Waals surface area contributed by atoms with Crippen LogP contribution in [0.15, 0.2) is 59.6 Å². The van der Waals surface area contributed by atoms with Gasteiger partial charge < -0.3 is 25.8 Å². The third kappa shape index (κ3) is 7.23. The summed E-state index contributed by atoms with van der Waals surface area (Å²) in [5.41, 5.74) is 10.3. The molecular formula is C36H41N9O4. The molecule has 3 heterocycles. The van der Waals surface area contributed by atoms with Crippen molar-refractivity contribution < 1.29 is 19.2 Å². The number of urea groups is 1. The van der Waals surface area contributed by atoms with Gasteiger partial charge in [-0.15, -0.1) is 0 Å². The molecule has 1 unspecified atom stereocenters. The van der Waals surface area contributed by atoms with E-state index in [4.69, 9.17) is 11.1 Å². The predicted octanol–water partition coefficient (Wildman–Crippen LogP) is 4.66. The lowest BCUT2D eigenvalue weighted by atomic mass is 9.92. The highest BCUT2D eigenvalue weighted by atomic mass is 16.2. The molecule has 0 bridgehead atoms. The van der Waals surface area contributed by atoms with Gasteiger partial charge in [0, 0.05) is 54.5 Å². The van der Waals surface area contributed by atoms with Crippen LogP contribution in [-0.2, 0) is 14.4 Å². The number of aromatic amines is 1. The molecule has 1 atom stereocenters. The first-order chi connectivity index (χ1) is 23.4. The number of nitrogens with two attached hydrogens (primary N) is 1. The number of likely N-dealkylation sites (tertiary alicyclic amines) is 1. The first kappa shape index (κ1) is 34.6. The van der Waals surface area contributed by atoms with Crippen molar-refractivity contribution in [2.24, 2.45) is 22.6 Å². The molecule has 2 aliphatic rings. The van der Waals surface area contributed by atoms with E-state index in [9.17, 15) is 24.4 Å². The number of piperidine rings is 1. The maximum Gasteiger partial charge on any atom is 0.331 e. The van der Waals surface area contributed by atoms with E-state index in [1.807, 2.05) is 56.9 Å². The van der Waals surface area contributed by atoms with Gasteiger partial charge in [-0.05, 0) is 68.7 Å². The Morgan fingerprint density at radius 1 is 1.08 bits per heavy atom. The third-order valence-corrected chi connectivity index (χ3v) is 9.01. The van der Waals surface area contributed by atoms with Gasteiger partial charge in [-0.3, -0.25) is 19.8 Å². The summed E-state index contributed by atoms with van der Waals surface area (Å²) in [6.07, 6.45) is 2.48. The number of benzene rings is 2. The fraction of sp³-hybridized carbons (Fsp3) is 0.361. The van der Waals surface area contributed by atoms with Crippen molar-refractivity contribution in [2.75, 3.05) is 29.9 Å². The number of carbonyl (C=O) groups excluding carboxylic acids is 4. The highest BCUT2D eigenvalue weighted by Gasteiger charge is 2.44. The lowest BCUT2D eigenvalue weighted by molar-refractivity contribution is -0.135. The Hall–Kier alpha value is -5.77. The molecule has 49 heavy (non-hydrogen) atoms. The summed E-state index contributed by atoms with van der Waals surface area (Å²) in [5.74, 6) is -1.96. The number of amides is 5.